The van der Waals surface area contributed by atoms with Crippen molar-refractivity contribution in [2.75, 3.05) is 0 Å². The van der Waals surface area contributed by atoms with Crippen molar-refractivity contribution in [1.29, 1.82) is 0 Å². The zero-order valence-corrected chi connectivity index (χ0v) is 13.3. The molecule has 0 aromatic carbocycles. The molecule has 0 aliphatic rings. The first-order valence-electron chi connectivity index (χ1n) is 6.52. The summed E-state index contributed by atoms with van der Waals surface area (Å²) in [5.74, 6) is 0. The van der Waals surface area contributed by atoms with Crippen LogP contribution in [0.25, 0.3) is 0 Å². The maximum Gasteiger partial charge on any atom is 0.129 e. The smallest absolute Gasteiger partial charge is 0.129 e. The summed E-state index contributed by atoms with van der Waals surface area (Å²) in [4.78, 5) is 5.57. The lowest BCUT2D eigenvalue weighted by molar-refractivity contribution is -0.000519. The van der Waals surface area contributed by atoms with Crippen LogP contribution < -0.4 is 0 Å². The van der Waals surface area contributed by atoms with Crippen LogP contribution in [0.2, 0.25) is 0 Å². The molecule has 0 aliphatic carbocycles. The Balaban J connectivity index is 0. The molecule has 0 N–H and O–H groups in total. The zero-order valence-electron chi connectivity index (χ0n) is 13.3. The minimum Gasteiger partial charge on any atom is -0.390 e. The van der Waals surface area contributed by atoms with Gasteiger partial charge >= 0.3 is 0 Å². The highest BCUT2D eigenvalue weighted by Gasteiger charge is 2.21. The molecule has 0 saturated carbocycles. The molecule has 0 amide bonds. The minimum atomic E-state index is -0.207. The third-order valence-corrected chi connectivity index (χ3v) is 1.92. The van der Waals surface area contributed by atoms with Crippen molar-refractivity contribution in [3.8, 4) is 0 Å². The van der Waals surface area contributed by atoms with Crippen LogP contribution in [0.1, 0.15) is 82.6 Å². The van der Waals surface area contributed by atoms with Gasteiger partial charge in [0.2, 0.25) is 0 Å². The van der Waals surface area contributed by atoms with Crippen molar-refractivity contribution in [2.24, 2.45) is 16.0 Å². The fraction of sp³-hybridized carbons (Fsp3) is 0.938. The molecule has 0 unspecified atom stereocenters. The van der Waals surface area contributed by atoms with Crippen molar-refractivity contribution in [2.45, 2.75) is 88.2 Å². The number of nitrogens with zero attached hydrogens (tertiary/aromatic N) is 1. The van der Waals surface area contributed by atoms with Gasteiger partial charge in [0.1, 0.15) is 5.60 Å². The van der Waals surface area contributed by atoms with Gasteiger partial charge in [0.15, 0.2) is 0 Å². The highest BCUT2D eigenvalue weighted by Crippen LogP contribution is 2.27. The number of rotatable bonds is 3. The second kappa shape index (κ2) is 6.58. The molecule has 0 spiro atoms. The summed E-state index contributed by atoms with van der Waals surface area (Å²) in [6, 6.07) is 0. The van der Waals surface area contributed by atoms with E-state index in [-0.39, 0.29) is 23.9 Å². The van der Waals surface area contributed by atoms with Gasteiger partial charge in [-0.2, -0.15) is 0 Å². The van der Waals surface area contributed by atoms with Gasteiger partial charge in [0, 0.05) is 0 Å². The lowest BCUT2D eigenvalue weighted by atomic mass is 9.82. The topological polar surface area (TPSA) is 21.6 Å². The molecule has 2 nitrogen and oxygen atoms in total. The van der Waals surface area contributed by atoms with Gasteiger partial charge in [-0.15, -0.1) is 0 Å². The van der Waals surface area contributed by atoms with Gasteiger partial charge in [-0.3, -0.25) is 0 Å². The number of oxime groups is 1. The molecular formula is C16H35NO. The standard InChI is InChI=1S/C15H31NO.CH4/c1-13(2,3)10-12(11-14(4,5)6)16-17-15(7,8)9;/h10-11H2,1-9H3;1H4. The third kappa shape index (κ3) is 13.5. The Kier molecular flexibility index (Phi) is 7.24. The molecule has 18 heavy (non-hydrogen) atoms. The zero-order chi connectivity index (χ0) is 13.9. The molecule has 0 atom stereocenters. The predicted octanol–water partition coefficient (Wildman–Crippen LogP) is 5.67. The van der Waals surface area contributed by atoms with E-state index >= 15 is 0 Å². The van der Waals surface area contributed by atoms with Crippen LogP contribution in [0.5, 0.6) is 0 Å². The molecule has 0 radical (unpaired) electrons. The summed E-state index contributed by atoms with van der Waals surface area (Å²) < 4.78 is 0. The largest absolute Gasteiger partial charge is 0.390 e. The molecule has 0 saturated heterocycles. The van der Waals surface area contributed by atoms with E-state index in [1.807, 2.05) is 20.8 Å². The molecule has 0 fully saturated rings. The van der Waals surface area contributed by atoms with Crippen molar-refractivity contribution >= 4 is 5.71 Å². The lowest BCUT2D eigenvalue weighted by Crippen LogP contribution is -2.22. The maximum absolute atomic E-state index is 5.57. The van der Waals surface area contributed by atoms with Crippen LogP contribution in [-0.4, -0.2) is 11.3 Å². The van der Waals surface area contributed by atoms with Gasteiger partial charge < -0.3 is 4.84 Å². The highest BCUT2D eigenvalue weighted by molar-refractivity contribution is 5.85. The Morgan fingerprint density at radius 2 is 1.11 bits per heavy atom. The van der Waals surface area contributed by atoms with E-state index in [1.165, 1.54) is 5.71 Å². The van der Waals surface area contributed by atoms with Crippen LogP contribution in [0.3, 0.4) is 0 Å². The summed E-state index contributed by atoms with van der Waals surface area (Å²) in [6.07, 6.45) is 1.97. The van der Waals surface area contributed by atoms with Crippen molar-refractivity contribution < 1.29 is 4.84 Å². The van der Waals surface area contributed by atoms with Crippen molar-refractivity contribution in [3.05, 3.63) is 0 Å². The number of hydrogen-bond acceptors (Lipinski definition) is 2. The van der Waals surface area contributed by atoms with E-state index < -0.39 is 0 Å². The Hall–Kier alpha value is -0.530. The highest BCUT2D eigenvalue weighted by atomic mass is 16.6. The fourth-order valence-electron chi connectivity index (χ4n) is 1.55. The van der Waals surface area contributed by atoms with Crippen molar-refractivity contribution in [3.63, 3.8) is 0 Å². The molecule has 110 valence electrons. The second-order valence-electron chi connectivity index (χ2n) is 8.34. The molecule has 2 heteroatoms. The number of hydrogen-bond donors (Lipinski definition) is 0. The van der Waals surface area contributed by atoms with Crippen LogP contribution in [0, 0.1) is 10.8 Å². The maximum atomic E-state index is 5.57. The Labute approximate surface area is 115 Å². The first-order chi connectivity index (χ1) is 7.29. The van der Waals surface area contributed by atoms with Gasteiger partial charge in [-0.05, 0) is 44.4 Å². The first kappa shape index (κ1) is 19.8. The quantitative estimate of drug-likeness (QED) is 0.472. The molecule has 0 heterocycles. The summed E-state index contributed by atoms with van der Waals surface area (Å²) in [5.41, 5.74) is 1.47. The van der Waals surface area contributed by atoms with E-state index in [4.69, 9.17) is 4.84 Å². The Morgan fingerprint density at radius 3 is 1.33 bits per heavy atom. The molecule has 0 aliphatic heterocycles. The molecule has 0 aromatic rings. The second-order valence-corrected chi connectivity index (χ2v) is 8.34. The minimum absolute atomic E-state index is 0. The summed E-state index contributed by atoms with van der Waals surface area (Å²) in [5, 5.41) is 4.38. The monoisotopic (exact) mass is 257 g/mol. The Bertz CT molecular complexity index is 240. The lowest BCUT2D eigenvalue weighted by Gasteiger charge is -2.26. The molecule has 0 rings (SSSR count). The summed E-state index contributed by atoms with van der Waals surface area (Å²) >= 11 is 0. The normalized spacial score (nSPS) is 12.7. The fourth-order valence-corrected chi connectivity index (χ4v) is 1.55. The van der Waals surface area contributed by atoms with Crippen LogP contribution in [0.4, 0.5) is 0 Å². The average molecular weight is 257 g/mol. The Morgan fingerprint density at radius 1 is 0.778 bits per heavy atom. The molecule has 0 aromatic heterocycles. The summed E-state index contributed by atoms with van der Waals surface area (Å²) in [7, 11) is 0. The molecular weight excluding hydrogens is 222 g/mol. The van der Waals surface area contributed by atoms with Gasteiger partial charge in [-0.25, -0.2) is 0 Å². The van der Waals surface area contributed by atoms with E-state index in [0.29, 0.717) is 0 Å². The van der Waals surface area contributed by atoms with Crippen LogP contribution in [-0.2, 0) is 4.84 Å². The van der Waals surface area contributed by atoms with Crippen LogP contribution in [0.15, 0.2) is 5.16 Å². The molecule has 0 bridgehead atoms. The van der Waals surface area contributed by atoms with Gasteiger partial charge in [0.05, 0.1) is 5.71 Å². The summed E-state index contributed by atoms with van der Waals surface area (Å²) in [6.45, 7) is 19.5. The van der Waals surface area contributed by atoms with Gasteiger partial charge in [-0.1, -0.05) is 54.1 Å². The van der Waals surface area contributed by atoms with Crippen molar-refractivity contribution in [1.82, 2.24) is 0 Å². The van der Waals surface area contributed by atoms with E-state index in [0.717, 1.165) is 12.8 Å². The van der Waals surface area contributed by atoms with Gasteiger partial charge in [0.25, 0.3) is 0 Å². The average Bonchev–Trinajstić information content (AvgIpc) is 1.92. The van der Waals surface area contributed by atoms with E-state index in [9.17, 15) is 0 Å². The van der Waals surface area contributed by atoms with E-state index in [1.54, 1.807) is 0 Å². The van der Waals surface area contributed by atoms with Crippen LogP contribution >= 0.6 is 0 Å². The first-order valence-corrected chi connectivity index (χ1v) is 6.52. The SMILES string of the molecule is C.CC(C)(C)CC(CC(C)(C)C)=NOC(C)(C)C. The third-order valence-electron chi connectivity index (χ3n) is 1.92. The predicted molar refractivity (Wildman–Crippen MR) is 83.1 cm³/mol. The van der Waals surface area contributed by atoms with E-state index in [2.05, 4.69) is 46.7 Å².